The molecule has 1 aliphatic heterocycles. The molecule has 0 radical (unpaired) electrons. The highest BCUT2D eigenvalue weighted by molar-refractivity contribution is 6.18. The molecule has 1 unspecified atom stereocenters. The van der Waals surface area contributed by atoms with Gasteiger partial charge in [0.1, 0.15) is 0 Å². The summed E-state index contributed by atoms with van der Waals surface area (Å²) in [7, 11) is 0. The van der Waals surface area contributed by atoms with Crippen molar-refractivity contribution in [3.8, 4) is 0 Å². The Morgan fingerprint density at radius 3 is 2.33 bits per heavy atom. The number of rotatable bonds is 1. The van der Waals surface area contributed by atoms with Crippen LogP contribution in [0.25, 0.3) is 0 Å². The van der Waals surface area contributed by atoms with E-state index in [1.165, 1.54) is 0 Å². The van der Waals surface area contributed by atoms with Crippen molar-refractivity contribution in [2.75, 3.05) is 12.5 Å². The molecule has 2 nitrogen and oxygen atoms in total. The second-order valence-electron chi connectivity index (χ2n) is 1.11. The first kappa shape index (κ1) is 6.21. The van der Waals surface area contributed by atoms with Crippen molar-refractivity contribution in [1.29, 1.82) is 0 Å². The van der Waals surface area contributed by atoms with Crippen LogP contribution in [0.15, 0.2) is 0 Å². The average Bonchev–Trinajstić information content (AvgIpc) is 2.12. The van der Waals surface area contributed by atoms with Gasteiger partial charge in [-0.15, -0.1) is 11.6 Å². The van der Waals surface area contributed by atoms with Crippen LogP contribution in [-0.2, 0) is 4.74 Å². The molecule has 0 aromatic carbocycles. The molecule has 0 spiro atoms. The minimum atomic E-state index is 0. The van der Waals surface area contributed by atoms with Crippen molar-refractivity contribution in [1.82, 2.24) is 6.15 Å². The second-order valence-corrected chi connectivity index (χ2v) is 1.42. The minimum Gasteiger partial charge on any atom is -0.372 e. The normalized spacial score (nSPS) is 28.5. The zero-order valence-electron chi connectivity index (χ0n) is 3.48. The Morgan fingerprint density at radius 2 is 2.33 bits per heavy atom. The van der Waals surface area contributed by atoms with E-state index in [0.29, 0.717) is 12.0 Å². The topological polar surface area (TPSA) is 47.5 Å². The van der Waals surface area contributed by atoms with Crippen LogP contribution in [-0.4, -0.2) is 18.6 Å². The van der Waals surface area contributed by atoms with E-state index in [-0.39, 0.29) is 6.15 Å². The van der Waals surface area contributed by atoms with E-state index in [9.17, 15) is 0 Å². The van der Waals surface area contributed by atoms with Gasteiger partial charge >= 0.3 is 0 Å². The lowest BCUT2D eigenvalue weighted by Crippen LogP contribution is -1.80. The van der Waals surface area contributed by atoms with Crippen molar-refractivity contribution in [2.24, 2.45) is 0 Å². The summed E-state index contributed by atoms with van der Waals surface area (Å²) in [6.07, 6.45) is 0.400. The first-order valence-corrected chi connectivity index (χ1v) is 2.14. The molecule has 0 amide bonds. The largest absolute Gasteiger partial charge is 0.372 e. The zero-order chi connectivity index (χ0) is 3.70. The van der Waals surface area contributed by atoms with Gasteiger partial charge in [0.05, 0.1) is 18.6 Å². The molecule has 3 heteroatoms. The van der Waals surface area contributed by atoms with Crippen LogP contribution in [0.5, 0.6) is 0 Å². The fraction of sp³-hybridized carbons (Fsp3) is 1.00. The van der Waals surface area contributed by atoms with Crippen LogP contribution < -0.4 is 6.15 Å². The summed E-state index contributed by atoms with van der Waals surface area (Å²) in [6.45, 7) is 0.878. The van der Waals surface area contributed by atoms with Crippen molar-refractivity contribution in [3.63, 3.8) is 0 Å². The summed E-state index contributed by atoms with van der Waals surface area (Å²) in [6, 6.07) is 0. The van der Waals surface area contributed by atoms with Crippen LogP contribution >= 0.6 is 11.6 Å². The van der Waals surface area contributed by atoms with Gasteiger partial charge in [0.15, 0.2) is 0 Å². The molecule has 3 N–H and O–H groups in total. The van der Waals surface area contributed by atoms with Gasteiger partial charge in [-0.1, -0.05) is 0 Å². The average molecular weight is 110 g/mol. The van der Waals surface area contributed by atoms with Crippen LogP contribution in [0.2, 0.25) is 0 Å². The number of hydrogen-bond donors (Lipinski definition) is 1. The number of ether oxygens (including phenoxy) is 1. The van der Waals surface area contributed by atoms with Crippen LogP contribution in [0.1, 0.15) is 0 Å². The smallest absolute Gasteiger partial charge is 0.0944 e. The molecule has 0 saturated carbocycles. The van der Waals surface area contributed by atoms with Gasteiger partial charge in [0.25, 0.3) is 0 Å². The van der Waals surface area contributed by atoms with Gasteiger partial charge < -0.3 is 10.9 Å². The Bertz CT molecular complexity index is 37.8. The highest BCUT2D eigenvalue weighted by Gasteiger charge is 2.19. The van der Waals surface area contributed by atoms with E-state index in [1.807, 2.05) is 0 Å². The maximum absolute atomic E-state index is 5.27. The van der Waals surface area contributed by atoms with Crippen LogP contribution in [0, 0.1) is 0 Å². The van der Waals surface area contributed by atoms with E-state index < -0.39 is 0 Å². The molecule has 0 aromatic rings. The molecule has 1 atom stereocenters. The molecule has 38 valence electrons. The third-order valence-corrected chi connectivity index (χ3v) is 0.919. The quantitative estimate of drug-likeness (QED) is 0.400. The Kier molecular flexibility index (Phi) is 2.48. The fourth-order valence-electron chi connectivity index (χ4n) is 0.157. The first-order valence-electron chi connectivity index (χ1n) is 1.61. The highest BCUT2D eigenvalue weighted by Crippen LogP contribution is 2.08. The monoisotopic (exact) mass is 109 g/mol. The van der Waals surface area contributed by atoms with Crippen LogP contribution in [0.3, 0.4) is 0 Å². The molecular weight excluding hydrogens is 101 g/mol. The number of hydrogen-bond acceptors (Lipinski definition) is 2. The molecule has 1 fully saturated rings. The SMILES string of the molecule is ClCC1CO1.N. The Labute approximate surface area is 42.0 Å². The summed E-state index contributed by atoms with van der Waals surface area (Å²) in [5.41, 5.74) is 0. The van der Waals surface area contributed by atoms with Crippen molar-refractivity contribution < 1.29 is 4.74 Å². The van der Waals surface area contributed by atoms with Crippen molar-refractivity contribution >= 4 is 11.6 Å². The van der Waals surface area contributed by atoms with Crippen molar-refractivity contribution in [3.05, 3.63) is 0 Å². The van der Waals surface area contributed by atoms with Crippen LogP contribution in [0.4, 0.5) is 0 Å². The van der Waals surface area contributed by atoms with E-state index in [0.717, 1.165) is 6.61 Å². The van der Waals surface area contributed by atoms with Gasteiger partial charge in [-0.05, 0) is 0 Å². The lowest BCUT2D eigenvalue weighted by molar-refractivity contribution is 0.425. The third-order valence-electron chi connectivity index (χ3n) is 0.574. The molecule has 0 aliphatic carbocycles. The Balaban J connectivity index is 0.000000250. The molecule has 0 bridgehead atoms. The van der Waals surface area contributed by atoms with E-state index in [4.69, 9.17) is 16.3 Å². The van der Waals surface area contributed by atoms with Crippen molar-refractivity contribution in [2.45, 2.75) is 6.10 Å². The molecule has 0 aromatic heterocycles. The maximum atomic E-state index is 5.27. The molecule has 1 aliphatic rings. The predicted octanol–water partition coefficient (Wildman–Crippen LogP) is 0.786. The molecule has 6 heavy (non-hydrogen) atoms. The molecular formula is C3H8ClNO. The van der Waals surface area contributed by atoms with Gasteiger partial charge in [-0.25, -0.2) is 0 Å². The lowest BCUT2D eigenvalue weighted by Gasteiger charge is -1.67. The molecule has 1 saturated heterocycles. The summed E-state index contributed by atoms with van der Waals surface area (Å²) in [5, 5.41) is 0. The number of epoxide rings is 1. The molecule has 1 rings (SSSR count). The summed E-state index contributed by atoms with van der Waals surface area (Å²) >= 11 is 5.27. The Morgan fingerprint density at radius 1 is 1.83 bits per heavy atom. The van der Waals surface area contributed by atoms with E-state index >= 15 is 0 Å². The van der Waals surface area contributed by atoms with E-state index in [2.05, 4.69) is 0 Å². The minimum absolute atomic E-state index is 0. The molecule has 1 heterocycles. The summed E-state index contributed by atoms with van der Waals surface area (Å²) < 4.78 is 4.73. The van der Waals surface area contributed by atoms with Gasteiger partial charge in [-0.2, -0.15) is 0 Å². The highest BCUT2D eigenvalue weighted by atomic mass is 35.5. The standard InChI is InChI=1S/C3H5ClO.H3N/c4-1-3-2-5-3;/h3H,1-2H2;1H3. The number of halogens is 1. The van der Waals surface area contributed by atoms with Gasteiger partial charge in [-0.3, -0.25) is 0 Å². The zero-order valence-corrected chi connectivity index (χ0v) is 4.24. The predicted molar refractivity (Wildman–Crippen MR) is 25.5 cm³/mol. The van der Waals surface area contributed by atoms with Gasteiger partial charge in [0.2, 0.25) is 0 Å². The fourth-order valence-corrected chi connectivity index (χ4v) is 0.335. The Hall–Kier alpha value is 0.210. The van der Waals surface area contributed by atoms with Gasteiger partial charge in [0, 0.05) is 0 Å². The summed E-state index contributed by atoms with van der Waals surface area (Å²) in [4.78, 5) is 0. The van der Waals surface area contributed by atoms with E-state index in [1.54, 1.807) is 0 Å². The lowest BCUT2D eigenvalue weighted by atomic mass is 10.6. The maximum Gasteiger partial charge on any atom is 0.0944 e. The number of alkyl halides is 1. The first-order chi connectivity index (χ1) is 2.43. The third kappa shape index (κ3) is 1.60. The summed E-state index contributed by atoms with van der Waals surface area (Å²) in [5.74, 6) is 0.667. The second kappa shape index (κ2) is 2.39.